The summed E-state index contributed by atoms with van der Waals surface area (Å²) in [5.74, 6) is -0.0159. The fraction of sp³-hybridized carbons (Fsp3) is 0.0476. The van der Waals surface area contributed by atoms with Crippen LogP contribution < -0.4 is 4.90 Å². The van der Waals surface area contributed by atoms with Gasteiger partial charge in [-0.15, -0.1) is 0 Å². The molecule has 0 bridgehead atoms. The van der Waals surface area contributed by atoms with Crippen LogP contribution in [-0.2, 0) is 6.54 Å². The van der Waals surface area contributed by atoms with Crippen LogP contribution in [0.1, 0.15) is 16.3 Å². The van der Waals surface area contributed by atoms with Gasteiger partial charge in [0.1, 0.15) is 22.7 Å². The number of thiazole rings is 1. The summed E-state index contributed by atoms with van der Waals surface area (Å²) in [6.07, 6.45) is 1.54. The number of furan rings is 2. The summed E-state index contributed by atoms with van der Waals surface area (Å²) in [4.78, 5) is 19.1. The Kier molecular flexibility index (Phi) is 3.95. The second kappa shape index (κ2) is 6.61. The molecule has 28 heavy (non-hydrogen) atoms. The van der Waals surface area contributed by atoms with Gasteiger partial charge in [-0.2, -0.15) is 0 Å². The number of hydrogen-bond acceptors (Lipinski definition) is 5. The highest BCUT2D eigenvalue weighted by molar-refractivity contribution is 7.22. The molecule has 0 unspecified atom stereocenters. The second-order valence-electron chi connectivity index (χ2n) is 6.20. The largest absolute Gasteiger partial charge is 0.467 e. The Bertz CT molecular complexity index is 1260. The maximum atomic E-state index is 14.1. The molecule has 3 heterocycles. The van der Waals surface area contributed by atoms with Gasteiger partial charge in [0, 0.05) is 5.39 Å². The Morgan fingerprint density at radius 2 is 2.00 bits per heavy atom. The van der Waals surface area contributed by atoms with Crippen molar-refractivity contribution in [2.45, 2.75) is 6.54 Å². The molecule has 0 aliphatic rings. The molecule has 2 aromatic carbocycles. The van der Waals surface area contributed by atoms with E-state index in [4.69, 9.17) is 8.83 Å². The highest BCUT2D eigenvalue weighted by atomic mass is 32.1. The molecule has 0 saturated heterocycles. The maximum Gasteiger partial charge on any atom is 0.296 e. The van der Waals surface area contributed by atoms with E-state index in [1.807, 2.05) is 18.2 Å². The summed E-state index contributed by atoms with van der Waals surface area (Å²) in [6.45, 7) is 0.157. The van der Waals surface area contributed by atoms with Gasteiger partial charge in [-0.25, -0.2) is 9.37 Å². The summed E-state index contributed by atoms with van der Waals surface area (Å²) >= 11 is 1.24. The van der Waals surface area contributed by atoms with Crippen molar-refractivity contribution in [2.75, 3.05) is 4.90 Å². The molecule has 0 radical (unpaired) electrons. The molecule has 0 atom stereocenters. The summed E-state index contributed by atoms with van der Waals surface area (Å²) < 4.78 is 25.9. The molecule has 0 N–H and O–H groups in total. The van der Waals surface area contributed by atoms with E-state index in [0.29, 0.717) is 21.2 Å². The van der Waals surface area contributed by atoms with Crippen LogP contribution in [0.5, 0.6) is 0 Å². The predicted octanol–water partition coefficient (Wildman–Crippen LogP) is 5.62. The Hall–Kier alpha value is -3.45. The van der Waals surface area contributed by atoms with Gasteiger partial charge in [0.15, 0.2) is 10.9 Å². The first-order chi connectivity index (χ1) is 13.7. The molecule has 7 heteroatoms. The molecule has 0 aliphatic carbocycles. The molecular weight excluding hydrogens is 379 g/mol. The lowest BCUT2D eigenvalue weighted by Gasteiger charge is -2.17. The summed E-state index contributed by atoms with van der Waals surface area (Å²) in [5.41, 5.74) is 0.864. The number of carbonyl (C=O) groups excluding carboxylic acids is 1. The van der Waals surface area contributed by atoms with Gasteiger partial charge in [0.05, 0.1) is 17.5 Å². The van der Waals surface area contributed by atoms with E-state index in [1.165, 1.54) is 28.6 Å². The van der Waals surface area contributed by atoms with E-state index in [1.54, 1.807) is 36.4 Å². The van der Waals surface area contributed by atoms with Crippen molar-refractivity contribution >= 4 is 43.6 Å². The molecule has 0 saturated carbocycles. The lowest BCUT2D eigenvalue weighted by Crippen LogP contribution is -2.29. The molecule has 3 aromatic heterocycles. The molecule has 5 aromatic rings. The second-order valence-corrected chi connectivity index (χ2v) is 7.21. The van der Waals surface area contributed by atoms with Gasteiger partial charge in [0.2, 0.25) is 0 Å². The standard InChI is InChI=1S/C21H13FN2O3S/c22-15-7-3-9-18-19(15)23-21(28-18)24(12-14-6-4-10-26-14)20(25)17-11-13-5-1-2-8-16(13)27-17/h1-11H,12H2. The van der Waals surface area contributed by atoms with Crippen molar-refractivity contribution < 1.29 is 18.0 Å². The average molecular weight is 392 g/mol. The lowest BCUT2D eigenvalue weighted by molar-refractivity contribution is 0.0958. The third-order valence-corrected chi connectivity index (χ3v) is 5.41. The number of benzene rings is 2. The highest BCUT2D eigenvalue weighted by Gasteiger charge is 2.26. The van der Waals surface area contributed by atoms with Gasteiger partial charge in [-0.3, -0.25) is 9.69 Å². The van der Waals surface area contributed by atoms with Crippen LogP contribution in [0.2, 0.25) is 0 Å². The Balaban J connectivity index is 1.60. The van der Waals surface area contributed by atoms with Gasteiger partial charge in [-0.05, 0) is 36.4 Å². The van der Waals surface area contributed by atoms with E-state index in [0.717, 1.165) is 5.39 Å². The lowest BCUT2D eigenvalue weighted by atomic mass is 10.2. The SMILES string of the molecule is O=C(c1cc2ccccc2o1)N(Cc1ccco1)c1nc2c(F)cccc2s1. The predicted molar refractivity (Wildman–Crippen MR) is 105 cm³/mol. The zero-order chi connectivity index (χ0) is 19.1. The van der Waals surface area contributed by atoms with E-state index in [9.17, 15) is 9.18 Å². The first-order valence-electron chi connectivity index (χ1n) is 8.57. The fourth-order valence-electron chi connectivity index (χ4n) is 3.02. The van der Waals surface area contributed by atoms with Crippen molar-refractivity contribution in [2.24, 2.45) is 0 Å². The smallest absolute Gasteiger partial charge is 0.296 e. The van der Waals surface area contributed by atoms with Crippen LogP contribution in [0, 0.1) is 5.82 Å². The molecule has 138 valence electrons. The molecule has 0 spiro atoms. The first-order valence-corrected chi connectivity index (χ1v) is 9.38. The number of anilines is 1. The number of amides is 1. The number of fused-ring (bicyclic) bond motifs is 2. The Morgan fingerprint density at radius 1 is 1.11 bits per heavy atom. The first kappa shape index (κ1) is 16.7. The van der Waals surface area contributed by atoms with Crippen molar-refractivity contribution in [3.63, 3.8) is 0 Å². The normalized spacial score (nSPS) is 11.3. The average Bonchev–Trinajstić information content (AvgIpc) is 3.44. The minimum atomic E-state index is -0.422. The molecule has 5 rings (SSSR count). The number of aromatic nitrogens is 1. The minimum Gasteiger partial charge on any atom is -0.467 e. The van der Waals surface area contributed by atoms with E-state index >= 15 is 0 Å². The molecule has 1 amide bonds. The van der Waals surface area contributed by atoms with Gasteiger partial charge < -0.3 is 8.83 Å². The zero-order valence-corrected chi connectivity index (χ0v) is 15.3. The topological polar surface area (TPSA) is 59.5 Å². The van der Waals surface area contributed by atoms with Crippen molar-refractivity contribution in [3.8, 4) is 0 Å². The van der Waals surface area contributed by atoms with E-state index in [-0.39, 0.29) is 23.7 Å². The fourth-order valence-corrected chi connectivity index (χ4v) is 4.00. The minimum absolute atomic E-state index is 0.157. The summed E-state index contributed by atoms with van der Waals surface area (Å²) in [5, 5.41) is 1.21. The number of carbonyl (C=O) groups is 1. The highest BCUT2D eigenvalue weighted by Crippen LogP contribution is 2.32. The van der Waals surface area contributed by atoms with Gasteiger partial charge in [-0.1, -0.05) is 35.6 Å². The number of para-hydroxylation sites is 2. The summed E-state index contributed by atoms with van der Waals surface area (Å²) in [7, 11) is 0. The van der Waals surface area contributed by atoms with Crippen molar-refractivity contribution in [3.05, 3.63) is 84.3 Å². The maximum absolute atomic E-state index is 14.1. The van der Waals surface area contributed by atoms with Crippen LogP contribution in [0.15, 0.2) is 75.8 Å². The third-order valence-electron chi connectivity index (χ3n) is 4.36. The Labute approximate surface area is 162 Å². The van der Waals surface area contributed by atoms with Crippen LogP contribution in [0.4, 0.5) is 9.52 Å². The summed E-state index contributed by atoms with van der Waals surface area (Å²) in [6, 6.07) is 17.4. The molecule has 0 aliphatic heterocycles. The number of hydrogen-bond donors (Lipinski definition) is 0. The van der Waals surface area contributed by atoms with Gasteiger partial charge >= 0.3 is 0 Å². The van der Waals surface area contributed by atoms with E-state index < -0.39 is 5.82 Å². The number of rotatable bonds is 4. The third kappa shape index (κ3) is 2.86. The van der Waals surface area contributed by atoms with Crippen molar-refractivity contribution in [1.82, 2.24) is 4.98 Å². The van der Waals surface area contributed by atoms with Gasteiger partial charge in [0.25, 0.3) is 5.91 Å². The van der Waals surface area contributed by atoms with Crippen LogP contribution in [-0.4, -0.2) is 10.9 Å². The van der Waals surface area contributed by atoms with Crippen molar-refractivity contribution in [1.29, 1.82) is 0 Å². The molecular formula is C21H13FN2O3S. The van der Waals surface area contributed by atoms with Crippen LogP contribution in [0.3, 0.4) is 0 Å². The Morgan fingerprint density at radius 3 is 2.79 bits per heavy atom. The van der Waals surface area contributed by atoms with Crippen LogP contribution in [0.25, 0.3) is 21.2 Å². The van der Waals surface area contributed by atoms with Crippen LogP contribution >= 0.6 is 11.3 Å². The number of halogens is 1. The molecule has 0 fully saturated rings. The zero-order valence-electron chi connectivity index (χ0n) is 14.5. The molecule has 5 nitrogen and oxygen atoms in total. The monoisotopic (exact) mass is 392 g/mol. The number of nitrogens with zero attached hydrogens (tertiary/aromatic N) is 2. The quantitative estimate of drug-likeness (QED) is 0.398. The van der Waals surface area contributed by atoms with E-state index in [2.05, 4.69) is 4.98 Å².